The summed E-state index contributed by atoms with van der Waals surface area (Å²) in [5, 5.41) is 3.03. The van der Waals surface area contributed by atoms with Crippen LogP contribution < -0.4 is 10.1 Å². The van der Waals surface area contributed by atoms with E-state index in [2.05, 4.69) is 5.32 Å². The van der Waals surface area contributed by atoms with E-state index in [9.17, 15) is 9.59 Å². The van der Waals surface area contributed by atoms with Crippen LogP contribution in [0.1, 0.15) is 30.9 Å². The van der Waals surface area contributed by atoms with Crippen LogP contribution in [0.3, 0.4) is 0 Å². The van der Waals surface area contributed by atoms with Crippen molar-refractivity contribution in [3.05, 3.63) is 29.8 Å². The summed E-state index contributed by atoms with van der Waals surface area (Å²) in [5.41, 5.74) is 0.874. The molecule has 1 N–H and O–H groups in total. The Labute approximate surface area is 148 Å². The molecule has 136 valence electrons. The lowest BCUT2D eigenvalue weighted by Gasteiger charge is -2.29. The van der Waals surface area contributed by atoms with Gasteiger partial charge >= 0.3 is 0 Å². The van der Waals surface area contributed by atoms with Gasteiger partial charge < -0.3 is 19.7 Å². The maximum Gasteiger partial charge on any atom is 0.226 e. The highest BCUT2D eigenvalue weighted by molar-refractivity contribution is 5.90. The zero-order valence-corrected chi connectivity index (χ0v) is 14.9. The lowest BCUT2D eigenvalue weighted by Crippen LogP contribution is -2.37. The Bertz CT molecular complexity index is 630. The number of likely N-dealkylation sites (tertiary alicyclic amines) is 1. The predicted molar refractivity (Wildman–Crippen MR) is 93.2 cm³/mol. The summed E-state index contributed by atoms with van der Waals surface area (Å²) in [5.74, 6) is 0.843. The zero-order chi connectivity index (χ0) is 17.8. The molecule has 0 bridgehead atoms. The highest BCUT2D eigenvalue weighted by Crippen LogP contribution is 2.41. The van der Waals surface area contributed by atoms with Crippen LogP contribution in [0.4, 0.5) is 0 Å². The molecule has 1 saturated carbocycles. The van der Waals surface area contributed by atoms with Crippen LogP contribution in [0.5, 0.6) is 5.75 Å². The minimum Gasteiger partial charge on any atom is -0.496 e. The van der Waals surface area contributed by atoms with Gasteiger partial charge in [0.25, 0.3) is 0 Å². The minimum atomic E-state index is -0.403. The molecule has 1 aromatic rings. The maximum atomic E-state index is 12.8. The Morgan fingerprint density at radius 3 is 2.72 bits per heavy atom. The molecular formula is C19H26N2O4. The van der Waals surface area contributed by atoms with Gasteiger partial charge in [-0.05, 0) is 24.8 Å². The smallest absolute Gasteiger partial charge is 0.226 e. The first kappa shape index (κ1) is 17.7. The summed E-state index contributed by atoms with van der Waals surface area (Å²) in [6.07, 6.45) is 2.59. The Morgan fingerprint density at radius 2 is 2.04 bits per heavy atom. The van der Waals surface area contributed by atoms with Crippen molar-refractivity contribution in [1.29, 1.82) is 0 Å². The molecular weight excluding hydrogens is 320 g/mol. The summed E-state index contributed by atoms with van der Waals surface area (Å²) in [6, 6.07) is 7.28. The number of benzene rings is 1. The third-order valence-electron chi connectivity index (χ3n) is 5.02. The van der Waals surface area contributed by atoms with Crippen molar-refractivity contribution >= 4 is 11.8 Å². The average Bonchev–Trinajstić information content (AvgIpc) is 3.40. The number of amides is 2. The lowest BCUT2D eigenvalue weighted by atomic mass is 9.92. The fraction of sp³-hybridized carbons (Fsp3) is 0.579. The average molecular weight is 346 g/mol. The molecule has 1 aromatic carbocycles. The first-order valence-electron chi connectivity index (χ1n) is 8.84. The van der Waals surface area contributed by atoms with E-state index in [1.165, 1.54) is 12.8 Å². The van der Waals surface area contributed by atoms with Crippen LogP contribution in [0, 0.1) is 11.8 Å². The van der Waals surface area contributed by atoms with Gasteiger partial charge in [-0.1, -0.05) is 18.2 Å². The second kappa shape index (κ2) is 7.87. The number of ether oxygens (including phenoxy) is 2. The largest absolute Gasteiger partial charge is 0.496 e. The second-order valence-corrected chi connectivity index (χ2v) is 6.77. The summed E-state index contributed by atoms with van der Waals surface area (Å²) in [4.78, 5) is 27.1. The van der Waals surface area contributed by atoms with E-state index in [-0.39, 0.29) is 24.3 Å². The van der Waals surface area contributed by atoms with E-state index < -0.39 is 5.92 Å². The van der Waals surface area contributed by atoms with E-state index in [1.807, 2.05) is 24.3 Å². The van der Waals surface area contributed by atoms with Gasteiger partial charge in [-0.3, -0.25) is 9.59 Å². The number of nitrogens with zero attached hydrogens (tertiary/aromatic N) is 1. The molecule has 6 heteroatoms. The van der Waals surface area contributed by atoms with E-state index in [1.54, 1.807) is 19.1 Å². The van der Waals surface area contributed by atoms with E-state index >= 15 is 0 Å². The molecule has 3 rings (SSSR count). The highest BCUT2D eigenvalue weighted by Gasteiger charge is 2.45. The number of nitrogens with one attached hydrogen (secondary N) is 1. The van der Waals surface area contributed by atoms with Crippen molar-refractivity contribution < 1.29 is 19.1 Å². The van der Waals surface area contributed by atoms with E-state index in [0.29, 0.717) is 31.4 Å². The molecule has 1 aliphatic heterocycles. The van der Waals surface area contributed by atoms with Gasteiger partial charge in [-0.15, -0.1) is 0 Å². The molecule has 1 heterocycles. The zero-order valence-electron chi connectivity index (χ0n) is 14.9. The van der Waals surface area contributed by atoms with Gasteiger partial charge in [-0.25, -0.2) is 0 Å². The molecule has 0 spiro atoms. The van der Waals surface area contributed by atoms with Crippen LogP contribution >= 0.6 is 0 Å². The Morgan fingerprint density at radius 1 is 1.28 bits per heavy atom. The van der Waals surface area contributed by atoms with E-state index in [4.69, 9.17) is 9.47 Å². The Kier molecular flexibility index (Phi) is 5.58. The van der Waals surface area contributed by atoms with E-state index in [0.717, 1.165) is 5.56 Å². The van der Waals surface area contributed by atoms with Crippen LogP contribution in [-0.4, -0.2) is 50.6 Å². The van der Waals surface area contributed by atoms with Crippen LogP contribution in [0.15, 0.2) is 24.3 Å². The molecule has 2 amide bonds. The van der Waals surface area contributed by atoms with Gasteiger partial charge in [0.1, 0.15) is 5.75 Å². The minimum absolute atomic E-state index is 0.0143. The Hall–Kier alpha value is -2.08. The first-order chi connectivity index (χ1) is 12.2. The first-order valence-corrected chi connectivity index (χ1v) is 8.84. The van der Waals surface area contributed by atoms with Crippen molar-refractivity contribution in [3.8, 4) is 5.75 Å². The summed E-state index contributed by atoms with van der Waals surface area (Å²) in [6.45, 7) is 1.61. The van der Waals surface area contributed by atoms with Crippen molar-refractivity contribution in [2.45, 2.75) is 25.3 Å². The normalized spacial score (nSPS) is 23.0. The van der Waals surface area contributed by atoms with Gasteiger partial charge in [0.2, 0.25) is 11.8 Å². The maximum absolute atomic E-state index is 12.8. The van der Waals surface area contributed by atoms with Crippen LogP contribution in [0.25, 0.3) is 0 Å². The van der Waals surface area contributed by atoms with Crippen molar-refractivity contribution in [2.75, 3.05) is 33.9 Å². The molecule has 2 fully saturated rings. The summed E-state index contributed by atoms with van der Waals surface area (Å²) in [7, 11) is 3.22. The van der Waals surface area contributed by atoms with Crippen molar-refractivity contribution in [1.82, 2.24) is 10.2 Å². The van der Waals surface area contributed by atoms with Crippen molar-refractivity contribution in [3.63, 3.8) is 0 Å². The fourth-order valence-corrected chi connectivity index (χ4v) is 3.47. The Balaban J connectivity index is 1.86. The number of hydrogen-bond acceptors (Lipinski definition) is 4. The number of carbonyl (C=O) groups is 2. The topological polar surface area (TPSA) is 67.9 Å². The SMILES string of the molecule is COCCN1C(=O)C[C@@H](C(=O)NCC2CC2)[C@@H]1c1ccccc1OC. The number of para-hydroxylation sites is 1. The van der Waals surface area contributed by atoms with Crippen LogP contribution in [-0.2, 0) is 14.3 Å². The molecule has 0 radical (unpaired) electrons. The number of methoxy groups -OCH3 is 2. The molecule has 2 aliphatic rings. The van der Waals surface area contributed by atoms with Gasteiger partial charge in [-0.2, -0.15) is 0 Å². The predicted octanol–water partition coefficient (Wildman–Crippen LogP) is 1.76. The molecule has 0 unspecified atom stereocenters. The molecule has 0 aromatic heterocycles. The molecule has 6 nitrogen and oxygen atoms in total. The van der Waals surface area contributed by atoms with Gasteiger partial charge in [0, 0.05) is 32.2 Å². The monoisotopic (exact) mass is 346 g/mol. The third-order valence-corrected chi connectivity index (χ3v) is 5.02. The number of hydrogen-bond donors (Lipinski definition) is 1. The van der Waals surface area contributed by atoms with Gasteiger partial charge in [0.15, 0.2) is 0 Å². The molecule has 1 aliphatic carbocycles. The summed E-state index contributed by atoms with van der Waals surface area (Å²) < 4.78 is 10.6. The standard InChI is InChI=1S/C19H26N2O4/c1-24-10-9-21-17(22)11-15(19(23)20-12-13-7-8-13)18(21)14-5-3-4-6-16(14)25-2/h3-6,13,15,18H,7-12H2,1-2H3,(H,20,23)/t15-,18+/m1/s1. The molecule has 1 saturated heterocycles. The third kappa shape index (κ3) is 3.95. The fourth-order valence-electron chi connectivity index (χ4n) is 3.47. The number of carbonyl (C=O) groups excluding carboxylic acids is 2. The summed E-state index contributed by atoms with van der Waals surface area (Å²) >= 11 is 0. The quantitative estimate of drug-likeness (QED) is 0.779. The van der Waals surface area contributed by atoms with Crippen molar-refractivity contribution in [2.24, 2.45) is 11.8 Å². The number of rotatable bonds is 8. The highest BCUT2D eigenvalue weighted by atomic mass is 16.5. The molecule has 2 atom stereocenters. The lowest BCUT2D eigenvalue weighted by molar-refractivity contribution is -0.129. The molecule has 25 heavy (non-hydrogen) atoms. The second-order valence-electron chi connectivity index (χ2n) is 6.77. The van der Waals surface area contributed by atoms with Crippen LogP contribution in [0.2, 0.25) is 0 Å². The van der Waals surface area contributed by atoms with Gasteiger partial charge in [0.05, 0.1) is 25.7 Å².